The summed E-state index contributed by atoms with van der Waals surface area (Å²) < 4.78 is 9.91. The van der Waals surface area contributed by atoms with Crippen molar-refractivity contribution in [2.24, 2.45) is 16.8 Å². The predicted molar refractivity (Wildman–Crippen MR) is 65.2 cm³/mol. The molecule has 0 saturated heterocycles. The molecule has 0 bridgehead atoms. The largest absolute Gasteiger partial charge is 0.465 e. The van der Waals surface area contributed by atoms with Gasteiger partial charge >= 0.3 is 11.9 Å². The Morgan fingerprint density at radius 3 is 2.74 bits per heavy atom. The van der Waals surface area contributed by atoms with Crippen LogP contribution in [0, 0.1) is 5.92 Å². The van der Waals surface area contributed by atoms with Gasteiger partial charge in [0.25, 0.3) is 0 Å². The fourth-order valence-corrected chi connectivity index (χ4v) is 2.61. The smallest absolute Gasteiger partial charge is 0.356 e. The summed E-state index contributed by atoms with van der Waals surface area (Å²) in [5.74, 6) is -1.70. The first-order chi connectivity index (χ1) is 9.04. The van der Waals surface area contributed by atoms with Gasteiger partial charge in [0.2, 0.25) is 0 Å². The number of nitrogens with zero attached hydrogens (tertiary/aromatic N) is 1. The fourth-order valence-electron chi connectivity index (χ4n) is 2.61. The highest BCUT2D eigenvalue weighted by Crippen LogP contribution is 2.41. The quantitative estimate of drug-likeness (QED) is 0.720. The lowest BCUT2D eigenvalue weighted by atomic mass is 9.83. The van der Waals surface area contributed by atoms with Crippen molar-refractivity contribution >= 4 is 17.7 Å². The van der Waals surface area contributed by atoms with Gasteiger partial charge < -0.3 is 20.0 Å². The highest BCUT2D eigenvalue weighted by atomic mass is 16.6. The normalized spacial score (nSPS) is 32.3. The number of rotatable bonds is 4. The van der Waals surface area contributed by atoms with Gasteiger partial charge in [-0.25, -0.2) is 4.79 Å². The number of ether oxygens (including phenoxy) is 2. The van der Waals surface area contributed by atoms with Crippen LogP contribution in [-0.4, -0.2) is 42.5 Å². The van der Waals surface area contributed by atoms with E-state index in [1.807, 2.05) is 0 Å². The van der Waals surface area contributed by atoms with Crippen LogP contribution in [0.4, 0.5) is 0 Å². The molecule has 2 N–H and O–H groups in total. The maximum atomic E-state index is 12.0. The van der Waals surface area contributed by atoms with E-state index in [0.717, 1.165) is 0 Å². The van der Waals surface area contributed by atoms with Crippen LogP contribution < -0.4 is 5.73 Å². The number of nitrogens with two attached hydrogens (primary N) is 1. The molecular weight excluding hydrogens is 252 g/mol. The monoisotopic (exact) mass is 270 g/mol. The second-order valence-electron chi connectivity index (χ2n) is 4.62. The molecule has 0 aromatic carbocycles. The van der Waals surface area contributed by atoms with Crippen molar-refractivity contribution in [1.29, 1.82) is 0 Å². The summed E-state index contributed by atoms with van der Waals surface area (Å²) in [6.45, 7) is 3.87. The number of fused-ring (bicyclic) bond motifs is 1. The van der Waals surface area contributed by atoms with Crippen LogP contribution in [0.2, 0.25) is 0 Å². The van der Waals surface area contributed by atoms with Crippen LogP contribution >= 0.6 is 0 Å². The molecule has 1 aliphatic carbocycles. The van der Waals surface area contributed by atoms with E-state index in [9.17, 15) is 9.59 Å². The van der Waals surface area contributed by atoms with Crippen LogP contribution in [0.15, 0.2) is 5.16 Å². The Hall–Kier alpha value is -1.63. The van der Waals surface area contributed by atoms with E-state index in [1.54, 1.807) is 13.8 Å². The van der Waals surface area contributed by atoms with E-state index < -0.39 is 23.4 Å². The lowest BCUT2D eigenvalue weighted by molar-refractivity contribution is -0.150. The zero-order valence-corrected chi connectivity index (χ0v) is 11.0. The zero-order valence-electron chi connectivity index (χ0n) is 11.0. The molecule has 0 aromatic heterocycles. The lowest BCUT2D eigenvalue weighted by Gasteiger charge is -2.27. The molecule has 2 aliphatic rings. The molecule has 1 heterocycles. The summed E-state index contributed by atoms with van der Waals surface area (Å²) >= 11 is 0. The van der Waals surface area contributed by atoms with Crippen molar-refractivity contribution in [2.75, 3.05) is 13.2 Å². The molecular formula is C12H18N2O5. The van der Waals surface area contributed by atoms with Crippen LogP contribution in [-0.2, 0) is 23.9 Å². The number of hydrogen-bond donors (Lipinski definition) is 1. The van der Waals surface area contributed by atoms with Crippen molar-refractivity contribution < 1.29 is 23.9 Å². The zero-order chi connectivity index (χ0) is 14.0. The first-order valence-electron chi connectivity index (χ1n) is 6.41. The molecule has 7 heteroatoms. The number of oxime groups is 1. The summed E-state index contributed by atoms with van der Waals surface area (Å²) in [6, 6.07) is 0. The van der Waals surface area contributed by atoms with Crippen molar-refractivity contribution in [3.05, 3.63) is 0 Å². The van der Waals surface area contributed by atoms with Crippen LogP contribution in [0.25, 0.3) is 0 Å². The van der Waals surface area contributed by atoms with E-state index in [-0.39, 0.29) is 25.0 Å². The Morgan fingerprint density at radius 2 is 2.11 bits per heavy atom. The minimum absolute atomic E-state index is 0.0832. The average Bonchev–Trinajstić information content (AvgIpc) is 2.93. The van der Waals surface area contributed by atoms with Gasteiger partial charge in [0, 0.05) is 0 Å². The number of hydrogen-bond acceptors (Lipinski definition) is 7. The van der Waals surface area contributed by atoms with Crippen LogP contribution in [0.3, 0.4) is 0 Å². The predicted octanol–water partition coefficient (Wildman–Crippen LogP) is -0.0251. The van der Waals surface area contributed by atoms with E-state index in [1.165, 1.54) is 0 Å². The molecule has 19 heavy (non-hydrogen) atoms. The third-order valence-corrected chi connectivity index (χ3v) is 3.49. The first kappa shape index (κ1) is 13.8. The topological polar surface area (TPSA) is 100 Å². The molecule has 7 nitrogen and oxygen atoms in total. The SMILES string of the molecule is CCOC(=O)C1=NO[C@@H]2CC[C@@](N)(C(=O)OCC)[C@H]12. The number of esters is 2. The van der Waals surface area contributed by atoms with Gasteiger partial charge in [-0.05, 0) is 26.7 Å². The number of carbonyl (C=O) groups is 2. The van der Waals surface area contributed by atoms with Gasteiger partial charge in [-0.15, -0.1) is 0 Å². The Morgan fingerprint density at radius 1 is 1.42 bits per heavy atom. The third kappa shape index (κ3) is 2.18. The van der Waals surface area contributed by atoms with Crippen molar-refractivity contribution in [3.63, 3.8) is 0 Å². The third-order valence-electron chi connectivity index (χ3n) is 3.49. The minimum atomic E-state index is -1.26. The molecule has 3 atom stereocenters. The highest BCUT2D eigenvalue weighted by Gasteiger charge is 2.60. The molecule has 2 rings (SSSR count). The van der Waals surface area contributed by atoms with Crippen molar-refractivity contribution in [1.82, 2.24) is 0 Å². The Bertz CT molecular complexity index is 422. The average molecular weight is 270 g/mol. The maximum Gasteiger partial charge on any atom is 0.356 e. The maximum absolute atomic E-state index is 12.0. The molecule has 0 amide bonds. The summed E-state index contributed by atoms with van der Waals surface area (Å²) in [5, 5.41) is 3.73. The summed E-state index contributed by atoms with van der Waals surface area (Å²) in [5.41, 5.74) is 4.98. The van der Waals surface area contributed by atoms with Crippen LogP contribution in [0.5, 0.6) is 0 Å². The van der Waals surface area contributed by atoms with Crippen LogP contribution in [0.1, 0.15) is 26.7 Å². The van der Waals surface area contributed by atoms with Crippen molar-refractivity contribution in [2.45, 2.75) is 38.3 Å². The van der Waals surface area contributed by atoms with E-state index in [4.69, 9.17) is 20.0 Å². The second kappa shape index (κ2) is 5.16. The van der Waals surface area contributed by atoms with Gasteiger partial charge in [0.1, 0.15) is 11.6 Å². The highest BCUT2D eigenvalue weighted by molar-refractivity contribution is 6.38. The first-order valence-corrected chi connectivity index (χ1v) is 6.41. The Balaban J connectivity index is 2.22. The Kier molecular flexibility index (Phi) is 3.75. The summed E-state index contributed by atoms with van der Waals surface area (Å²) in [7, 11) is 0. The summed E-state index contributed by atoms with van der Waals surface area (Å²) in [4.78, 5) is 29.0. The fraction of sp³-hybridized carbons (Fsp3) is 0.750. The van der Waals surface area contributed by atoms with Gasteiger partial charge in [0.05, 0.1) is 19.1 Å². The molecule has 0 unspecified atom stereocenters. The Labute approximate surface area is 111 Å². The van der Waals surface area contributed by atoms with E-state index in [2.05, 4.69) is 5.16 Å². The molecule has 106 valence electrons. The van der Waals surface area contributed by atoms with Gasteiger partial charge in [-0.2, -0.15) is 0 Å². The lowest BCUT2D eigenvalue weighted by Crippen LogP contribution is -2.56. The molecule has 0 aromatic rings. The van der Waals surface area contributed by atoms with E-state index in [0.29, 0.717) is 12.8 Å². The molecule has 1 fully saturated rings. The van der Waals surface area contributed by atoms with Gasteiger partial charge in [0.15, 0.2) is 5.71 Å². The molecule has 0 spiro atoms. The molecule has 0 radical (unpaired) electrons. The van der Waals surface area contributed by atoms with Gasteiger partial charge in [-0.1, -0.05) is 5.16 Å². The second-order valence-corrected chi connectivity index (χ2v) is 4.62. The number of carbonyl (C=O) groups excluding carboxylic acids is 2. The van der Waals surface area contributed by atoms with Gasteiger partial charge in [-0.3, -0.25) is 4.79 Å². The summed E-state index contributed by atoms with van der Waals surface area (Å²) in [6.07, 6.45) is 0.611. The molecule has 1 aliphatic heterocycles. The standard InChI is InChI=1S/C12H18N2O5/c1-3-17-10(15)9-8-7(19-14-9)5-6-12(8,13)11(16)18-4-2/h7-8H,3-6,13H2,1-2H3/t7-,8+,12+/m1/s1. The molecule has 1 saturated carbocycles. The van der Waals surface area contributed by atoms with E-state index >= 15 is 0 Å². The minimum Gasteiger partial charge on any atom is -0.465 e. The van der Waals surface area contributed by atoms with Crippen molar-refractivity contribution in [3.8, 4) is 0 Å².